The predicted octanol–water partition coefficient (Wildman–Crippen LogP) is 5.24. The summed E-state index contributed by atoms with van der Waals surface area (Å²) < 4.78 is 11.3. The van der Waals surface area contributed by atoms with E-state index in [1.54, 1.807) is 26.6 Å². The summed E-state index contributed by atoms with van der Waals surface area (Å²) in [5, 5.41) is 7.29. The van der Waals surface area contributed by atoms with Crippen LogP contribution in [0.3, 0.4) is 0 Å². The highest BCUT2D eigenvalue weighted by Gasteiger charge is 2.31. The molecule has 2 saturated heterocycles. The molecule has 49 heavy (non-hydrogen) atoms. The molecule has 1 amide bonds. The Labute approximate surface area is 296 Å². The van der Waals surface area contributed by atoms with Crippen molar-refractivity contribution in [3.05, 3.63) is 70.2 Å². The largest absolute Gasteiger partial charge is 0.480 e. The van der Waals surface area contributed by atoms with Gasteiger partial charge >= 0.3 is 0 Å². The third kappa shape index (κ3) is 7.51. The van der Waals surface area contributed by atoms with Crippen molar-refractivity contribution >= 4 is 29.1 Å². The molecule has 2 aromatic heterocycles. The molecule has 3 aliphatic rings. The fourth-order valence-electron chi connectivity index (χ4n) is 6.62. The van der Waals surface area contributed by atoms with Crippen LogP contribution >= 0.6 is 23.2 Å². The minimum atomic E-state index is 0.0898. The number of nitrogens with one attached hydrogen (secondary N) is 2. The van der Waals surface area contributed by atoms with Gasteiger partial charge in [-0.1, -0.05) is 59.6 Å². The van der Waals surface area contributed by atoms with Gasteiger partial charge in [0.25, 0.3) is 0 Å². The van der Waals surface area contributed by atoms with Crippen molar-refractivity contribution in [3.63, 3.8) is 0 Å². The molecule has 0 radical (unpaired) electrons. The number of hydrogen-bond donors (Lipinski definition) is 2. The van der Waals surface area contributed by atoms with Crippen molar-refractivity contribution < 1.29 is 14.3 Å². The van der Waals surface area contributed by atoms with E-state index in [9.17, 15) is 4.79 Å². The number of methoxy groups -OCH3 is 2. The Bertz CT molecular complexity index is 1830. The van der Waals surface area contributed by atoms with Crippen LogP contribution in [0.1, 0.15) is 37.1 Å². The van der Waals surface area contributed by atoms with E-state index in [1.807, 2.05) is 36.4 Å². The van der Waals surface area contributed by atoms with Gasteiger partial charge in [-0.2, -0.15) is 0 Å². The van der Waals surface area contributed by atoms with Gasteiger partial charge in [0.1, 0.15) is 11.4 Å². The first-order valence-electron chi connectivity index (χ1n) is 16.8. The maximum absolute atomic E-state index is 11.5. The van der Waals surface area contributed by atoms with Crippen molar-refractivity contribution in [2.75, 3.05) is 46.9 Å². The smallest absolute Gasteiger partial charge is 0.237 e. The van der Waals surface area contributed by atoms with Crippen LogP contribution in [0.4, 0.5) is 0 Å². The van der Waals surface area contributed by atoms with Crippen LogP contribution in [0.25, 0.3) is 33.6 Å². The second-order valence-electron chi connectivity index (χ2n) is 12.7. The molecule has 13 heteroatoms. The number of halogens is 2. The van der Waals surface area contributed by atoms with Crippen LogP contribution in [0.5, 0.6) is 11.8 Å². The molecule has 0 unspecified atom stereocenters. The number of ether oxygens (including phenoxy) is 2. The number of rotatable bonds is 12. The van der Waals surface area contributed by atoms with Crippen molar-refractivity contribution in [3.8, 4) is 45.4 Å². The van der Waals surface area contributed by atoms with E-state index >= 15 is 0 Å². The molecule has 4 heterocycles. The number of carbonyl (C=O) groups excluding carboxylic acids is 1. The molecule has 1 saturated carbocycles. The lowest BCUT2D eigenvalue weighted by Crippen LogP contribution is -2.46. The lowest BCUT2D eigenvalue weighted by Gasteiger charge is -2.34. The molecule has 256 valence electrons. The summed E-state index contributed by atoms with van der Waals surface area (Å²) in [5.74, 6) is 0.991. The number of amides is 1. The SMILES string of the molecule is COc1nc(-c2cccc(-c3cccc(-c4cnc(CN5CCN(C6CC6)CC5)c(OC)n4)c3Cl)c2Cl)cnc1CNC[C@@H]1CCC(=O)N1. The van der Waals surface area contributed by atoms with Gasteiger partial charge in [-0.25, -0.2) is 9.97 Å². The van der Waals surface area contributed by atoms with Gasteiger partial charge in [0.2, 0.25) is 17.7 Å². The third-order valence-corrected chi connectivity index (χ3v) is 10.3. The Morgan fingerprint density at radius 3 is 1.94 bits per heavy atom. The minimum Gasteiger partial charge on any atom is -0.480 e. The zero-order valence-electron chi connectivity index (χ0n) is 27.7. The second-order valence-corrected chi connectivity index (χ2v) is 13.5. The number of benzene rings is 2. The fraction of sp³-hybridized carbons (Fsp3) is 0.417. The molecule has 2 aliphatic heterocycles. The first kappa shape index (κ1) is 33.6. The maximum atomic E-state index is 11.5. The van der Waals surface area contributed by atoms with Gasteiger partial charge in [0, 0.05) is 86.6 Å². The Morgan fingerprint density at radius 2 is 1.39 bits per heavy atom. The summed E-state index contributed by atoms with van der Waals surface area (Å²) in [6, 6.07) is 12.5. The van der Waals surface area contributed by atoms with Gasteiger partial charge in [-0.3, -0.25) is 24.6 Å². The lowest BCUT2D eigenvalue weighted by molar-refractivity contribution is -0.119. The lowest BCUT2D eigenvalue weighted by atomic mass is 9.98. The number of hydrogen-bond acceptors (Lipinski definition) is 10. The highest BCUT2D eigenvalue weighted by atomic mass is 35.5. The second kappa shape index (κ2) is 14.9. The zero-order chi connectivity index (χ0) is 33.9. The van der Waals surface area contributed by atoms with Crippen LogP contribution in [-0.2, 0) is 17.9 Å². The maximum Gasteiger partial charge on any atom is 0.237 e. The van der Waals surface area contributed by atoms with Crippen LogP contribution in [0.15, 0.2) is 48.8 Å². The summed E-state index contributed by atoms with van der Waals surface area (Å²) in [4.78, 5) is 35.5. The highest BCUT2D eigenvalue weighted by molar-refractivity contribution is 6.39. The van der Waals surface area contributed by atoms with E-state index in [1.165, 1.54) is 12.8 Å². The molecular weight excluding hydrogens is 663 g/mol. The zero-order valence-corrected chi connectivity index (χ0v) is 29.2. The number of piperazine rings is 1. The molecule has 7 rings (SSSR count). The summed E-state index contributed by atoms with van der Waals surface area (Å²) in [7, 11) is 3.20. The molecule has 2 N–H and O–H groups in total. The van der Waals surface area contributed by atoms with E-state index in [4.69, 9.17) is 47.6 Å². The summed E-state index contributed by atoms with van der Waals surface area (Å²) in [6.07, 6.45) is 7.52. The molecule has 1 atom stereocenters. The standard InChI is InChI=1S/C36H40Cl2N8O3/c1-48-35-30(18-39-17-22-9-12-32(47)42-22)40-19-28(43-35)26-7-3-5-24(33(26)37)25-6-4-8-27(34(25)38)29-20-41-31(36(44-29)49-2)21-45-13-15-46(16-14-45)23-10-11-23/h3-8,19-20,22-23,39H,9-18,21H2,1-2H3,(H,42,47)/t22-/m0/s1. The third-order valence-electron chi connectivity index (χ3n) is 9.46. The Balaban J connectivity index is 1.09. The normalized spacial score (nSPS) is 18.4. The van der Waals surface area contributed by atoms with Gasteiger partial charge in [-0.05, 0) is 19.3 Å². The van der Waals surface area contributed by atoms with E-state index < -0.39 is 0 Å². The Kier molecular flexibility index (Phi) is 10.2. The Morgan fingerprint density at radius 1 is 0.816 bits per heavy atom. The van der Waals surface area contributed by atoms with Crippen molar-refractivity contribution in [1.29, 1.82) is 0 Å². The monoisotopic (exact) mass is 702 g/mol. The van der Waals surface area contributed by atoms with Crippen LogP contribution in [0, 0.1) is 0 Å². The molecule has 3 fully saturated rings. The molecule has 1 aliphatic carbocycles. The minimum absolute atomic E-state index is 0.0898. The number of aromatic nitrogens is 4. The topological polar surface area (TPSA) is 118 Å². The molecule has 2 aromatic carbocycles. The molecule has 4 aromatic rings. The van der Waals surface area contributed by atoms with Crippen LogP contribution in [-0.4, -0.2) is 94.7 Å². The predicted molar refractivity (Wildman–Crippen MR) is 190 cm³/mol. The molecule has 0 bridgehead atoms. The molecule has 11 nitrogen and oxygen atoms in total. The van der Waals surface area contributed by atoms with E-state index in [0.29, 0.717) is 70.5 Å². The summed E-state index contributed by atoms with van der Waals surface area (Å²) in [6.45, 7) is 6.00. The van der Waals surface area contributed by atoms with Crippen molar-refractivity contribution in [2.24, 2.45) is 0 Å². The van der Waals surface area contributed by atoms with Crippen molar-refractivity contribution in [2.45, 2.75) is 50.9 Å². The Hall–Kier alpha value is -3.87. The summed E-state index contributed by atoms with van der Waals surface area (Å²) in [5.41, 5.74) is 5.60. The van der Waals surface area contributed by atoms with E-state index in [2.05, 4.69) is 25.4 Å². The number of carbonyl (C=O) groups is 1. The van der Waals surface area contributed by atoms with Crippen LogP contribution < -0.4 is 20.1 Å². The summed E-state index contributed by atoms with van der Waals surface area (Å²) >= 11 is 14.2. The van der Waals surface area contributed by atoms with Gasteiger partial charge in [0.15, 0.2) is 0 Å². The molecule has 0 spiro atoms. The fourth-order valence-corrected chi connectivity index (χ4v) is 7.27. The van der Waals surface area contributed by atoms with Gasteiger partial charge in [0.05, 0.1) is 48.0 Å². The average Bonchev–Trinajstić information content (AvgIpc) is 3.90. The van der Waals surface area contributed by atoms with E-state index in [-0.39, 0.29) is 11.9 Å². The first-order valence-corrected chi connectivity index (χ1v) is 17.5. The number of nitrogens with zero attached hydrogens (tertiary/aromatic N) is 6. The van der Waals surface area contributed by atoms with Gasteiger partial charge in [-0.15, -0.1) is 0 Å². The molecular formula is C36H40Cl2N8O3. The van der Waals surface area contributed by atoms with Crippen molar-refractivity contribution in [1.82, 2.24) is 40.4 Å². The van der Waals surface area contributed by atoms with E-state index in [0.717, 1.165) is 61.0 Å². The first-order chi connectivity index (χ1) is 23.9. The quantitative estimate of drug-likeness (QED) is 0.203. The highest BCUT2D eigenvalue weighted by Crippen LogP contribution is 2.42. The van der Waals surface area contributed by atoms with Crippen LogP contribution in [0.2, 0.25) is 10.0 Å². The van der Waals surface area contributed by atoms with Gasteiger partial charge < -0.3 is 20.1 Å². The average molecular weight is 704 g/mol.